The SMILES string of the molecule is O=C1N(c2ccccc2Cl)Cc2cnc(NC3CCC(O)CC3)nc2N1c1ccccc1. The van der Waals surface area contributed by atoms with E-state index in [1.807, 2.05) is 48.5 Å². The average molecular weight is 450 g/mol. The molecule has 1 saturated carbocycles. The molecule has 1 aliphatic heterocycles. The van der Waals surface area contributed by atoms with Crippen molar-refractivity contribution in [3.05, 3.63) is 71.4 Å². The van der Waals surface area contributed by atoms with Gasteiger partial charge in [0.25, 0.3) is 0 Å². The number of nitrogens with zero attached hydrogens (tertiary/aromatic N) is 4. The molecule has 8 heteroatoms. The lowest BCUT2D eigenvalue weighted by Gasteiger charge is -2.36. The Morgan fingerprint density at radius 3 is 2.47 bits per heavy atom. The lowest BCUT2D eigenvalue weighted by molar-refractivity contribution is 0.126. The maximum absolute atomic E-state index is 13.7. The fraction of sp³-hybridized carbons (Fsp3) is 0.292. The Balaban J connectivity index is 1.52. The Hall–Kier alpha value is -3.16. The first-order valence-corrected chi connectivity index (χ1v) is 11.2. The normalized spacial score (nSPS) is 20.8. The van der Waals surface area contributed by atoms with Crippen LogP contribution in [0.25, 0.3) is 0 Å². The van der Waals surface area contributed by atoms with E-state index in [-0.39, 0.29) is 18.2 Å². The number of aliphatic hydroxyl groups excluding tert-OH is 1. The molecule has 0 atom stereocenters. The van der Waals surface area contributed by atoms with Crippen molar-refractivity contribution in [1.82, 2.24) is 9.97 Å². The van der Waals surface area contributed by atoms with Crippen molar-refractivity contribution in [2.75, 3.05) is 15.1 Å². The zero-order chi connectivity index (χ0) is 22.1. The first-order valence-electron chi connectivity index (χ1n) is 10.8. The highest BCUT2D eigenvalue weighted by Gasteiger charge is 2.35. The molecule has 7 nitrogen and oxygen atoms in total. The zero-order valence-electron chi connectivity index (χ0n) is 17.5. The lowest BCUT2D eigenvalue weighted by atomic mass is 9.93. The molecule has 1 aliphatic carbocycles. The first kappa shape index (κ1) is 20.7. The highest BCUT2D eigenvalue weighted by molar-refractivity contribution is 6.34. The van der Waals surface area contributed by atoms with Gasteiger partial charge in [-0.15, -0.1) is 0 Å². The van der Waals surface area contributed by atoms with Gasteiger partial charge < -0.3 is 10.4 Å². The maximum atomic E-state index is 13.7. The molecule has 5 rings (SSSR count). The number of fused-ring (bicyclic) bond motifs is 1. The third-order valence-corrected chi connectivity index (χ3v) is 6.31. The van der Waals surface area contributed by atoms with Crippen molar-refractivity contribution >= 4 is 40.8 Å². The number of aromatic nitrogens is 2. The predicted octanol–water partition coefficient (Wildman–Crippen LogP) is 5.12. The number of halogens is 1. The quantitative estimate of drug-likeness (QED) is 0.577. The summed E-state index contributed by atoms with van der Waals surface area (Å²) in [5.41, 5.74) is 2.20. The van der Waals surface area contributed by atoms with Crippen molar-refractivity contribution < 1.29 is 9.90 Å². The van der Waals surface area contributed by atoms with E-state index >= 15 is 0 Å². The molecule has 0 bridgehead atoms. The smallest absolute Gasteiger partial charge is 0.335 e. The molecule has 2 amide bonds. The summed E-state index contributed by atoms with van der Waals surface area (Å²) < 4.78 is 0. The molecule has 2 heterocycles. The molecule has 2 aliphatic rings. The second-order valence-corrected chi connectivity index (χ2v) is 8.59. The van der Waals surface area contributed by atoms with Crippen LogP contribution in [-0.4, -0.2) is 33.3 Å². The molecule has 1 fully saturated rings. The topological polar surface area (TPSA) is 81.6 Å². The van der Waals surface area contributed by atoms with Gasteiger partial charge in [0.15, 0.2) is 5.82 Å². The van der Waals surface area contributed by atoms with Crippen LogP contribution in [0.5, 0.6) is 0 Å². The largest absolute Gasteiger partial charge is 0.393 e. The Labute approximate surface area is 191 Å². The molecule has 1 aromatic heterocycles. The van der Waals surface area contributed by atoms with Crippen LogP contribution < -0.4 is 15.1 Å². The summed E-state index contributed by atoms with van der Waals surface area (Å²) in [5, 5.41) is 13.7. The fourth-order valence-electron chi connectivity index (χ4n) is 4.29. The predicted molar refractivity (Wildman–Crippen MR) is 126 cm³/mol. The highest BCUT2D eigenvalue weighted by Crippen LogP contribution is 2.38. The number of carbonyl (C=O) groups is 1. The number of rotatable bonds is 4. The zero-order valence-corrected chi connectivity index (χ0v) is 18.2. The minimum Gasteiger partial charge on any atom is -0.393 e. The van der Waals surface area contributed by atoms with E-state index in [1.165, 1.54) is 0 Å². The van der Waals surface area contributed by atoms with Crippen LogP contribution in [0.15, 0.2) is 60.8 Å². The van der Waals surface area contributed by atoms with Crippen LogP contribution in [-0.2, 0) is 6.54 Å². The lowest BCUT2D eigenvalue weighted by Crippen LogP contribution is -2.45. The Bertz CT molecular complexity index is 1120. The van der Waals surface area contributed by atoms with Gasteiger partial charge in [0.05, 0.1) is 29.0 Å². The third-order valence-electron chi connectivity index (χ3n) is 5.99. The summed E-state index contributed by atoms with van der Waals surface area (Å²) in [5.74, 6) is 1.06. The van der Waals surface area contributed by atoms with Gasteiger partial charge in [0.1, 0.15) is 0 Å². The fourth-order valence-corrected chi connectivity index (χ4v) is 4.53. The van der Waals surface area contributed by atoms with Gasteiger partial charge in [0, 0.05) is 17.8 Å². The molecule has 2 N–H and O–H groups in total. The van der Waals surface area contributed by atoms with Crippen molar-refractivity contribution in [3.63, 3.8) is 0 Å². The van der Waals surface area contributed by atoms with Gasteiger partial charge in [-0.25, -0.2) is 14.7 Å². The van der Waals surface area contributed by atoms with Crippen molar-refractivity contribution in [2.24, 2.45) is 0 Å². The van der Waals surface area contributed by atoms with Crippen LogP contribution in [0.4, 0.5) is 27.9 Å². The minimum absolute atomic E-state index is 0.209. The summed E-state index contributed by atoms with van der Waals surface area (Å²) in [6, 6.07) is 16.8. The van der Waals surface area contributed by atoms with Gasteiger partial charge in [-0.3, -0.25) is 4.90 Å². The Morgan fingerprint density at radius 1 is 1.00 bits per heavy atom. The number of anilines is 4. The van der Waals surface area contributed by atoms with Crippen LogP contribution in [0.1, 0.15) is 31.2 Å². The number of hydrogen-bond acceptors (Lipinski definition) is 5. The van der Waals surface area contributed by atoms with E-state index in [2.05, 4.69) is 10.3 Å². The van der Waals surface area contributed by atoms with Crippen LogP contribution in [0.2, 0.25) is 5.02 Å². The maximum Gasteiger partial charge on any atom is 0.335 e. The summed E-state index contributed by atoms with van der Waals surface area (Å²) in [6.45, 7) is 0.330. The molecular weight excluding hydrogens is 426 g/mol. The standard InChI is InChI=1S/C24H24ClN5O2/c25-20-8-4-5-9-21(20)29-15-16-14-26-23(27-17-10-12-19(31)13-11-17)28-22(16)30(24(29)32)18-6-2-1-3-7-18/h1-9,14,17,19,31H,10-13,15H2,(H,26,27,28). The highest BCUT2D eigenvalue weighted by atomic mass is 35.5. The van der Waals surface area contributed by atoms with E-state index in [0.29, 0.717) is 29.0 Å². The molecule has 2 aromatic carbocycles. The number of hydrogen-bond donors (Lipinski definition) is 2. The monoisotopic (exact) mass is 449 g/mol. The second-order valence-electron chi connectivity index (χ2n) is 8.18. The van der Waals surface area contributed by atoms with E-state index in [4.69, 9.17) is 16.6 Å². The molecular formula is C24H24ClN5O2. The number of amides is 2. The van der Waals surface area contributed by atoms with Gasteiger partial charge >= 0.3 is 6.03 Å². The van der Waals surface area contributed by atoms with Gasteiger partial charge in [-0.05, 0) is 49.9 Å². The third kappa shape index (κ3) is 4.01. The molecule has 3 aromatic rings. The summed E-state index contributed by atoms with van der Waals surface area (Å²) in [6.07, 6.45) is 4.81. The van der Waals surface area contributed by atoms with Gasteiger partial charge in [0.2, 0.25) is 5.95 Å². The minimum atomic E-state index is -0.223. The number of urea groups is 1. The number of carbonyl (C=O) groups excluding carboxylic acids is 1. The van der Waals surface area contributed by atoms with E-state index < -0.39 is 0 Å². The molecule has 0 radical (unpaired) electrons. The van der Waals surface area contributed by atoms with Gasteiger partial charge in [-0.2, -0.15) is 4.98 Å². The number of para-hydroxylation sites is 2. The molecule has 0 spiro atoms. The number of nitrogens with one attached hydrogen (secondary N) is 1. The summed E-state index contributed by atoms with van der Waals surface area (Å²) >= 11 is 6.42. The Morgan fingerprint density at radius 2 is 1.72 bits per heavy atom. The van der Waals surface area contributed by atoms with E-state index in [1.54, 1.807) is 22.1 Å². The molecule has 164 valence electrons. The molecule has 32 heavy (non-hydrogen) atoms. The van der Waals surface area contributed by atoms with Crippen LogP contribution >= 0.6 is 11.6 Å². The van der Waals surface area contributed by atoms with Crippen LogP contribution in [0.3, 0.4) is 0 Å². The second kappa shape index (κ2) is 8.76. The van der Waals surface area contributed by atoms with E-state index in [9.17, 15) is 9.90 Å². The van der Waals surface area contributed by atoms with E-state index in [0.717, 1.165) is 36.9 Å². The summed E-state index contributed by atoms with van der Waals surface area (Å²) in [7, 11) is 0. The average Bonchev–Trinajstić information content (AvgIpc) is 2.81. The van der Waals surface area contributed by atoms with Crippen LogP contribution in [0, 0.1) is 0 Å². The number of benzene rings is 2. The van der Waals surface area contributed by atoms with Crippen molar-refractivity contribution in [2.45, 2.75) is 44.4 Å². The summed E-state index contributed by atoms with van der Waals surface area (Å²) in [4.78, 5) is 26.2. The van der Waals surface area contributed by atoms with Crippen molar-refractivity contribution in [3.8, 4) is 0 Å². The molecule has 0 unspecified atom stereocenters. The molecule has 0 saturated heterocycles. The van der Waals surface area contributed by atoms with Gasteiger partial charge in [-0.1, -0.05) is 41.9 Å². The number of aliphatic hydroxyl groups is 1. The first-order chi connectivity index (χ1) is 15.6. The Kier molecular flexibility index (Phi) is 5.68. The van der Waals surface area contributed by atoms with Crippen molar-refractivity contribution in [1.29, 1.82) is 0 Å².